The second-order valence-electron chi connectivity index (χ2n) is 11.6. The quantitative estimate of drug-likeness (QED) is 0.183. The molecule has 40 heavy (non-hydrogen) atoms. The van der Waals surface area contributed by atoms with E-state index in [1.807, 2.05) is 50.2 Å². The van der Waals surface area contributed by atoms with Gasteiger partial charge in [-0.05, 0) is 78.8 Å². The lowest BCUT2D eigenvalue weighted by atomic mass is 9.84. The van der Waals surface area contributed by atoms with E-state index in [4.69, 9.17) is 9.47 Å². The molecule has 0 spiro atoms. The molecule has 1 aliphatic rings. The Morgan fingerprint density at radius 3 is 2.25 bits per heavy atom. The Hall–Kier alpha value is -4.06. The molecule has 0 bridgehead atoms. The molecule has 0 radical (unpaired) electrons. The Morgan fingerprint density at radius 2 is 1.65 bits per heavy atom. The third-order valence-electron chi connectivity index (χ3n) is 6.99. The summed E-state index contributed by atoms with van der Waals surface area (Å²) in [4.78, 5) is 28.7. The zero-order valence-corrected chi connectivity index (χ0v) is 24.4. The maximum atomic E-state index is 13.6. The van der Waals surface area contributed by atoms with Gasteiger partial charge in [0.25, 0.3) is 11.7 Å². The molecular weight excluding hydrogens is 502 g/mol. The molecule has 4 rings (SSSR count). The van der Waals surface area contributed by atoms with Crippen LogP contribution in [0, 0.1) is 12.8 Å². The monoisotopic (exact) mass is 541 g/mol. The number of rotatable bonds is 8. The van der Waals surface area contributed by atoms with Gasteiger partial charge in [-0.15, -0.1) is 0 Å². The Morgan fingerprint density at radius 1 is 0.975 bits per heavy atom. The highest BCUT2D eigenvalue weighted by Gasteiger charge is 2.47. The molecule has 3 aromatic carbocycles. The molecule has 1 atom stereocenters. The van der Waals surface area contributed by atoms with Crippen LogP contribution >= 0.6 is 0 Å². The lowest BCUT2D eigenvalue weighted by molar-refractivity contribution is -0.132. The van der Waals surface area contributed by atoms with Gasteiger partial charge in [0.15, 0.2) is 0 Å². The number of ether oxygens (including phenoxy) is 2. The predicted octanol–water partition coefficient (Wildman–Crippen LogP) is 7.35. The average Bonchev–Trinajstić information content (AvgIpc) is 3.17. The molecule has 3 aromatic rings. The van der Waals surface area contributed by atoms with Crippen LogP contribution in [0.15, 0.2) is 72.3 Å². The Balaban J connectivity index is 1.88. The van der Waals surface area contributed by atoms with Crippen molar-refractivity contribution < 1.29 is 24.2 Å². The van der Waals surface area contributed by atoms with Gasteiger partial charge in [0.1, 0.15) is 17.3 Å². The van der Waals surface area contributed by atoms with Crippen molar-refractivity contribution in [1.29, 1.82) is 0 Å². The fourth-order valence-corrected chi connectivity index (χ4v) is 4.95. The first-order valence-electron chi connectivity index (χ1n) is 13.8. The van der Waals surface area contributed by atoms with Crippen LogP contribution < -0.4 is 14.4 Å². The van der Waals surface area contributed by atoms with Crippen LogP contribution in [0.4, 0.5) is 5.69 Å². The lowest BCUT2D eigenvalue weighted by Crippen LogP contribution is -2.29. The maximum Gasteiger partial charge on any atom is 0.300 e. The van der Waals surface area contributed by atoms with E-state index in [2.05, 4.69) is 34.6 Å². The number of hydrogen-bond donors (Lipinski definition) is 1. The number of amides is 1. The summed E-state index contributed by atoms with van der Waals surface area (Å²) in [5.74, 6) is 0.164. The van der Waals surface area contributed by atoms with E-state index in [1.165, 1.54) is 4.90 Å². The summed E-state index contributed by atoms with van der Waals surface area (Å²) in [5.41, 5.74) is 3.37. The summed E-state index contributed by atoms with van der Waals surface area (Å²) in [7, 11) is 0. The molecule has 6 nitrogen and oxygen atoms in total. The molecule has 1 saturated heterocycles. The average molecular weight is 542 g/mol. The van der Waals surface area contributed by atoms with Gasteiger partial charge in [0, 0.05) is 16.8 Å². The molecule has 1 N–H and O–H groups in total. The van der Waals surface area contributed by atoms with Crippen molar-refractivity contribution >= 4 is 23.1 Å². The van der Waals surface area contributed by atoms with E-state index in [9.17, 15) is 14.7 Å². The Bertz CT molecular complexity index is 1430. The molecule has 1 amide bonds. The summed E-state index contributed by atoms with van der Waals surface area (Å²) in [6.45, 7) is 15.3. The SMILES string of the molecule is CCOc1ccc(/C(O)=C2\C(=O)C(=O)N(c3ccc(OCC(C)C)cc3)C2c2ccccc2C)cc1C(C)(C)C. The molecule has 0 saturated carbocycles. The van der Waals surface area contributed by atoms with Gasteiger partial charge in [-0.3, -0.25) is 14.5 Å². The van der Waals surface area contributed by atoms with Gasteiger partial charge in [-0.1, -0.05) is 58.9 Å². The van der Waals surface area contributed by atoms with Crippen molar-refractivity contribution in [3.05, 3.63) is 94.6 Å². The van der Waals surface area contributed by atoms with Crippen molar-refractivity contribution in [2.24, 2.45) is 5.92 Å². The van der Waals surface area contributed by atoms with E-state index in [1.54, 1.807) is 30.3 Å². The molecule has 1 fully saturated rings. The number of Topliss-reactive ketones (excluding diaryl/α,β-unsaturated/α-hetero) is 1. The van der Waals surface area contributed by atoms with E-state index in [-0.39, 0.29) is 16.7 Å². The molecule has 1 heterocycles. The van der Waals surface area contributed by atoms with Gasteiger partial charge in [-0.25, -0.2) is 0 Å². The lowest BCUT2D eigenvalue weighted by Gasteiger charge is -2.27. The highest BCUT2D eigenvalue weighted by molar-refractivity contribution is 6.51. The van der Waals surface area contributed by atoms with E-state index < -0.39 is 17.7 Å². The van der Waals surface area contributed by atoms with Crippen molar-refractivity contribution in [3.8, 4) is 11.5 Å². The largest absolute Gasteiger partial charge is 0.507 e. The smallest absolute Gasteiger partial charge is 0.300 e. The number of anilines is 1. The van der Waals surface area contributed by atoms with Gasteiger partial charge >= 0.3 is 0 Å². The number of aryl methyl sites for hydroxylation is 1. The topological polar surface area (TPSA) is 76.1 Å². The first-order chi connectivity index (χ1) is 18.9. The van der Waals surface area contributed by atoms with Crippen LogP contribution in [0.1, 0.15) is 69.8 Å². The first kappa shape index (κ1) is 28.9. The zero-order chi connectivity index (χ0) is 29.2. The van der Waals surface area contributed by atoms with Crippen LogP contribution in [0.5, 0.6) is 11.5 Å². The minimum Gasteiger partial charge on any atom is -0.507 e. The minimum absolute atomic E-state index is 0.0588. The molecule has 6 heteroatoms. The van der Waals surface area contributed by atoms with Crippen LogP contribution in [-0.2, 0) is 15.0 Å². The number of aliphatic hydroxyl groups excluding tert-OH is 1. The third-order valence-corrected chi connectivity index (χ3v) is 6.99. The summed E-state index contributed by atoms with van der Waals surface area (Å²) in [6, 6.07) is 19.4. The number of hydrogen-bond acceptors (Lipinski definition) is 5. The second-order valence-corrected chi connectivity index (χ2v) is 11.6. The van der Waals surface area contributed by atoms with Crippen molar-refractivity contribution in [1.82, 2.24) is 0 Å². The van der Waals surface area contributed by atoms with Gasteiger partial charge in [0.05, 0.1) is 24.8 Å². The van der Waals surface area contributed by atoms with E-state index >= 15 is 0 Å². The second kappa shape index (κ2) is 11.6. The molecule has 0 aliphatic carbocycles. The van der Waals surface area contributed by atoms with Gasteiger partial charge < -0.3 is 14.6 Å². The third kappa shape index (κ3) is 5.76. The molecule has 0 aromatic heterocycles. The number of ketones is 1. The fraction of sp³-hybridized carbons (Fsp3) is 0.353. The first-order valence-corrected chi connectivity index (χ1v) is 13.8. The predicted molar refractivity (Wildman–Crippen MR) is 159 cm³/mol. The van der Waals surface area contributed by atoms with Crippen molar-refractivity contribution in [2.75, 3.05) is 18.1 Å². The normalized spacial score (nSPS) is 17.0. The molecule has 1 unspecified atom stereocenters. The maximum absolute atomic E-state index is 13.6. The van der Waals surface area contributed by atoms with Crippen LogP contribution in [0.3, 0.4) is 0 Å². The number of carbonyl (C=O) groups is 2. The summed E-state index contributed by atoms with van der Waals surface area (Å²) in [5, 5.41) is 11.7. The number of carbonyl (C=O) groups excluding carboxylic acids is 2. The fourth-order valence-electron chi connectivity index (χ4n) is 4.95. The number of benzene rings is 3. The van der Waals surface area contributed by atoms with Gasteiger partial charge in [-0.2, -0.15) is 0 Å². The minimum atomic E-state index is -0.798. The van der Waals surface area contributed by atoms with E-state index in [0.717, 1.165) is 22.4 Å². The van der Waals surface area contributed by atoms with Crippen molar-refractivity contribution in [3.63, 3.8) is 0 Å². The summed E-state index contributed by atoms with van der Waals surface area (Å²) in [6.07, 6.45) is 0. The Kier molecular flexibility index (Phi) is 8.38. The van der Waals surface area contributed by atoms with E-state index in [0.29, 0.717) is 36.1 Å². The summed E-state index contributed by atoms with van der Waals surface area (Å²) < 4.78 is 11.7. The standard InChI is InChI=1S/C34H39NO5/c1-8-39-28-18-13-23(19-27(28)34(5,6)7)31(36)29-30(26-12-10-9-11-22(26)4)35(33(38)32(29)37)24-14-16-25(17-15-24)40-20-21(2)3/h9-19,21,30,36H,8,20H2,1-7H3/b31-29+. The highest BCUT2D eigenvalue weighted by Crippen LogP contribution is 2.44. The molecule has 1 aliphatic heterocycles. The van der Waals surface area contributed by atoms with Gasteiger partial charge in [0.2, 0.25) is 0 Å². The van der Waals surface area contributed by atoms with Crippen LogP contribution in [-0.4, -0.2) is 30.0 Å². The number of nitrogens with zero attached hydrogens (tertiary/aromatic N) is 1. The zero-order valence-electron chi connectivity index (χ0n) is 24.4. The van der Waals surface area contributed by atoms with Crippen LogP contribution in [0.25, 0.3) is 5.76 Å². The number of aliphatic hydroxyl groups is 1. The van der Waals surface area contributed by atoms with Crippen molar-refractivity contribution in [2.45, 2.75) is 59.9 Å². The summed E-state index contributed by atoms with van der Waals surface area (Å²) >= 11 is 0. The molecular formula is C34H39NO5. The Labute approximate surface area is 237 Å². The highest BCUT2D eigenvalue weighted by atomic mass is 16.5. The molecule has 210 valence electrons. The van der Waals surface area contributed by atoms with Crippen LogP contribution in [0.2, 0.25) is 0 Å².